The summed E-state index contributed by atoms with van der Waals surface area (Å²) in [5, 5.41) is 6.53. The highest BCUT2D eigenvalue weighted by Gasteiger charge is 2.18. The van der Waals surface area contributed by atoms with Crippen LogP contribution in [0.5, 0.6) is 0 Å². The zero-order chi connectivity index (χ0) is 17.2. The van der Waals surface area contributed by atoms with Crippen LogP contribution >= 0.6 is 11.8 Å². The second-order valence-corrected chi connectivity index (χ2v) is 7.70. The van der Waals surface area contributed by atoms with Crippen LogP contribution in [0.4, 0.5) is 5.69 Å². The van der Waals surface area contributed by atoms with Crippen molar-refractivity contribution in [1.82, 2.24) is 5.32 Å². The molecule has 1 aliphatic rings. The van der Waals surface area contributed by atoms with Crippen LogP contribution in [-0.2, 0) is 9.59 Å². The van der Waals surface area contributed by atoms with Gasteiger partial charge >= 0.3 is 0 Å². The van der Waals surface area contributed by atoms with E-state index in [1.807, 2.05) is 30.0 Å². The summed E-state index contributed by atoms with van der Waals surface area (Å²) in [4.78, 5) is 24.1. The van der Waals surface area contributed by atoms with E-state index in [0.29, 0.717) is 18.2 Å². The van der Waals surface area contributed by atoms with Gasteiger partial charge in [0.05, 0.1) is 5.69 Å². The molecule has 0 saturated heterocycles. The Hall–Kier alpha value is -1.49. The molecule has 2 amide bonds. The number of benzene rings is 1. The quantitative estimate of drug-likeness (QED) is 0.652. The smallest absolute Gasteiger partial charge is 0.224 e. The monoisotopic (exact) mass is 348 g/mol. The third-order valence-corrected chi connectivity index (χ3v) is 5.63. The van der Waals surface area contributed by atoms with Crippen LogP contribution in [-0.4, -0.2) is 23.6 Å². The molecule has 2 rings (SSSR count). The first-order chi connectivity index (χ1) is 11.6. The molecule has 24 heavy (non-hydrogen) atoms. The van der Waals surface area contributed by atoms with Gasteiger partial charge in [0.15, 0.2) is 0 Å². The number of hydrogen-bond donors (Lipinski definition) is 2. The summed E-state index contributed by atoms with van der Waals surface area (Å²) in [7, 11) is 0. The minimum absolute atomic E-state index is 0.00381. The van der Waals surface area contributed by atoms with Crippen molar-refractivity contribution >= 4 is 29.3 Å². The zero-order valence-electron chi connectivity index (χ0n) is 14.5. The van der Waals surface area contributed by atoms with E-state index < -0.39 is 0 Å². The molecule has 1 fully saturated rings. The van der Waals surface area contributed by atoms with Crippen molar-refractivity contribution in [2.45, 2.75) is 68.4 Å². The predicted molar refractivity (Wildman–Crippen MR) is 100 cm³/mol. The maximum absolute atomic E-state index is 12.2. The van der Waals surface area contributed by atoms with Gasteiger partial charge in [0.1, 0.15) is 0 Å². The summed E-state index contributed by atoms with van der Waals surface area (Å²) in [6.45, 7) is 2.21. The van der Waals surface area contributed by atoms with Crippen LogP contribution in [0.15, 0.2) is 29.2 Å². The normalized spacial score (nSPS) is 14.5. The first kappa shape index (κ1) is 18.8. The summed E-state index contributed by atoms with van der Waals surface area (Å²) in [6.07, 6.45) is 8.46. The third kappa shape index (κ3) is 6.95. The molecule has 0 aliphatic heterocycles. The van der Waals surface area contributed by atoms with Crippen LogP contribution in [0, 0.1) is 0 Å². The van der Waals surface area contributed by atoms with Crippen molar-refractivity contribution in [2.24, 2.45) is 0 Å². The Morgan fingerprint density at radius 3 is 2.62 bits per heavy atom. The molecule has 2 N–H and O–H groups in total. The van der Waals surface area contributed by atoms with E-state index in [2.05, 4.69) is 16.7 Å². The number of nitrogens with one attached hydrogen (secondary N) is 2. The van der Waals surface area contributed by atoms with Gasteiger partial charge in [-0.15, -0.1) is 11.8 Å². The lowest BCUT2D eigenvalue weighted by Gasteiger charge is -2.14. The number of para-hydroxylation sites is 1. The van der Waals surface area contributed by atoms with Gasteiger partial charge in [-0.25, -0.2) is 0 Å². The van der Waals surface area contributed by atoms with E-state index in [0.717, 1.165) is 24.9 Å². The first-order valence-corrected chi connectivity index (χ1v) is 9.83. The molecule has 0 bridgehead atoms. The Bertz CT molecular complexity index is 542. The topological polar surface area (TPSA) is 58.2 Å². The van der Waals surface area contributed by atoms with Gasteiger partial charge in [-0.3, -0.25) is 9.59 Å². The minimum atomic E-state index is 0.00381. The summed E-state index contributed by atoms with van der Waals surface area (Å²) < 4.78 is 0. The average molecular weight is 349 g/mol. The van der Waals surface area contributed by atoms with Crippen LogP contribution in [0.2, 0.25) is 0 Å². The maximum atomic E-state index is 12.2. The van der Waals surface area contributed by atoms with Crippen molar-refractivity contribution < 1.29 is 9.59 Å². The molecule has 1 aromatic carbocycles. The molecular weight excluding hydrogens is 320 g/mol. The van der Waals surface area contributed by atoms with Crippen molar-refractivity contribution in [3.63, 3.8) is 0 Å². The lowest BCUT2D eigenvalue weighted by molar-refractivity contribution is -0.119. The second-order valence-electron chi connectivity index (χ2n) is 6.36. The van der Waals surface area contributed by atoms with E-state index in [9.17, 15) is 9.59 Å². The number of unbranched alkanes of at least 4 members (excludes halogenated alkanes) is 2. The number of rotatable bonds is 9. The highest BCUT2D eigenvalue weighted by Crippen LogP contribution is 2.38. The molecule has 1 saturated carbocycles. The molecule has 1 aromatic rings. The molecule has 132 valence electrons. The Balaban J connectivity index is 1.72. The SMILES string of the molecule is CC(=O)NCCCCCC(=O)Nc1ccccc1SC1CCCC1. The van der Waals surface area contributed by atoms with Crippen molar-refractivity contribution in [3.05, 3.63) is 24.3 Å². The minimum Gasteiger partial charge on any atom is -0.356 e. The van der Waals surface area contributed by atoms with Crippen molar-refractivity contribution in [3.8, 4) is 0 Å². The number of hydrogen-bond acceptors (Lipinski definition) is 3. The molecule has 0 spiro atoms. The molecule has 0 radical (unpaired) electrons. The van der Waals surface area contributed by atoms with E-state index in [-0.39, 0.29) is 11.8 Å². The number of amides is 2. The van der Waals surface area contributed by atoms with Crippen molar-refractivity contribution in [2.75, 3.05) is 11.9 Å². The summed E-state index contributed by atoms with van der Waals surface area (Å²) in [5.41, 5.74) is 0.942. The van der Waals surface area contributed by atoms with Crippen molar-refractivity contribution in [1.29, 1.82) is 0 Å². The van der Waals surface area contributed by atoms with Gasteiger partial charge < -0.3 is 10.6 Å². The van der Waals surface area contributed by atoms with E-state index in [1.54, 1.807) is 0 Å². The number of carbonyl (C=O) groups excluding carboxylic acids is 2. The lowest BCUT2D eigenvalue weighted by Crippen LogP contribution is -2.20. The van der Waals surface area contributed by atoms with E-state index in [1.165, 1.54) is 37.5 Å². The van der Waals surface area contributed by atoms with Crippen LogP contribution in [0.1, 0.15) is 58.3 Å². The standard InChI is InChI=1S/C19H28N2O2S/c1-15(22)20-14-8-2-3-13-19(23)21-17-11-6-7-12-18(17)24-16-9-4-5-10-16/h6-7,11-12,16H,2-5,8-10,13-14H2,1H3,(H,20,22)(H,21,23). The second kappa shape index (κ2) is 10.4. The van der Waals surface area contributed by atoms with E-state index >= 15 is 0 Å². The van der Waals surface area contributed by atoms with Gasteiger partial charge in [-0.05, 0) is 37.8 Å². The number of carbonyl (C=O) groups is 2. The van der Waals surface area contributed by atoms with Crippen LogP contribution in [0.3, 0.4) is 0 Å². The molecule has 5 heteroatoms. The fourth-order valence-corrected chi connectivity index (χ4v) is 4.25. The molecule has 0 atom stereocenters. The van der Waals surface area contributed by atoms with Gasteiger partial charge in [0, 0.05) is 30.0 Å². The highest BCUT2D eigenvalue weighted by atomic mass is 32.2. The highest BCUT2D eigenvalue weighted by molar-refractivity contribution is 8.00. The molecule has 4 nitrogen and oxygen atoms in total. The Morgan fingerprint density at radius 2 is 1.88 bits per heavy atom. The van der Waals surface area contributed by atoms with Crippen LogP contribution < -0.4 is 10.6 Å². The predicted octanol–water partition coefficient (Wildman–Crippen LogP) is 4.36. The molecule has 0 aromatic heterocycles. The zero-order valence-corrected chi connectivity index (χ0v) is 15.3. The summed E-state index contributed by atoms with van der Waals surface area (Å²) in [6, 6.07) is 8.11. The van der Waals surface area contributed by atoms with Gasteiger partial charge in [0.2, 0.25) is 11.8 Å². The number of thioether (sulfide) groups is 1. The van der Waals surface area contributed by atoms with Gasteiger partial charge in [0.25, 0.3) is 0 Å². The van der Waals surface area contributed by atoms with Gasteiger partial charge in [-0.1, -0.05) is 31.4 Å². The van der Waals surface area contributed by atoms with E-state index in [4.69, 9.17) is 0 Å². The molecule has 0 heterocycles. The molecule has 0 unspecified atom stereocenters. The molecular formula is C19H28N2O2S. The first-order valence-electron chi connectivity index (χ1n) is 8.95. The fraction of sp³-hybridized carbons (Fsp3) is 0.579. The fourth-order valence-electron chi connectivity index (χ4n) is 2.92. The summed E-state index contributed by atoms with van der Waals surface area (Å²) >= 11 is 1.90. The average Bonchev–Trinajstić information content (AvgIpc) is 3.05. The Morgan fingerprint density at radius 1 is 1.12 bits per heavy atom. The Labute approximate surface area is 149 Å². The van der Waals surface area contributed by atoms with Gasteiger partial charge in [-0.2, -0.15) is 0 Å². The molecule has 1 aliphatic carbocycles. The maximum Gasteiger partial charge on any atom is 0.224 e. The van der Waals surface area contributed by atoms with Crippen LogP contribution in [0.25, 0.3) is 0 Å². The number of anilines is 1. The lowest BCUT2D eigenvalue weighted by atomic mass is 10.2. The largest absolute Gasteiger partial charge is 0.356 e. The Kier molecular flexibility index (Phi) is 8.16. The third-order valence-electron chi connectivity index (χ3n) is 4.21. The summed E-state index contributed by atoms with van der Waals surface area (Å²) in [5.74, 6) is 0.0816.